The Morgan fingerprint density at radius 2 is 1.77 bits per heavy atom. The van der Waals surface area contributed by atoms with E-state index < -0.39 is 0 Å². The summed E-state index contributed by atoms with van der Waals surface area (Å²) >= 11 is 0. The van der Waals surface area contributed by atoms with Crippen LogP contribution in [0.25, 0.3) is 0 Å². The van der Waals surface area contributed by atoms with Gasteiger partial charge in [-0.15, -0.1) is 0 Å². The van der Waals surface area contributed by atoms with Crippen LogP contribution in [-0.2, 0) is 6.54 Å². The average Bonchev–Trinajstić information content (AvgIpc) is 2.47. The topological polar surface area (TPSA) is 44.3 Å². The third kappa shape index (κ3) is 5.00. The summed E-state index contributed by atoms with van der Waals surface area (Å²) in [4.78, 5) is 13.3. The molecule has 1 N–H and O–H groups in total. The van der Waals surface area contributed by atoms with Crippen LogP contribution in [0.15, 0.2) is 36.4 Å². The number of hydrogen-bond donors (Lipinski definition) is 1. The largest absolute Gasteiger partial charge is 0.369 e. The lowest BCUT2D eigenvalue weighted by atomic mass is 10.2. The summed E-state index contributed by atoms with van der Waals surface area (Å²) < 4.78 is 0. The van der Waals surface area contributed by atoms with Gasteiger partial charge in [0.15, 0.2) is 0 Å². The molecule has 0 aliphatic carbocycles. The average molecular weight is 299 g/mol. The Balaban J connectivity index is 2.05. The molecule has 0 unspecified atom stereocenters. The predicted octanol–water partition coefficient (Wildman–Crippen LogP) is 2.39. The molecule has 2 rings (SSSR count). The van der Waals surface area contributed by atoms with Crippen molar-refractivity contribution >= 4 is 11.6 Å². The van der Waals surface area contributed by atoms with Gasteiger partial charge in [-0.3, -0.25) is 0 Å². The molecule has 5 heteroatoms. The van der Waals surface area contributed by atoms with Gasteiger partial charge in [-0.1, -0.05) is 30.3 Å². The predicted molar refractivity (Wildman–Crippen MR) is 92.4 cm³/mol. The quantitative estimate of drug-likeness (QED) is 0.850. The lowest BCUT2D eigenvalue weighted by Gasteiger charge is -2.20. The van der Waals surface area contributed by atoms with Crippen LogP contribution in [0.2, 0.25) is 0 Å². The maximum Gasteiger partial charge on any atom is 0.134 e. The van der Waals surface area contributed by atoms with Crippen LogP contribution in [0.1, 0.15) is 11.4 Å². The number of likely N-dealkylation sites (N-methyl/N-ethyl adjacent to an activating group) is 1. The molecule has 0 aliphatic rings. The molecule has 0 fully saturated rings. The van der Waals surface area contributed by atoms with Crippen LogP contribution in [0, 0.1) is 6.92 Å². The first-order valence-corrected chi connectivity index (χ1v) is 7.54. The van der Waals surface area contributed by atoms with Gasteiger partial charge < -0.3 is 15.1 Å². The number of aryl methyl sites for hydroxylation is 1. The van der Waals surface area contributed by atoms with Gasteiger partial charge in [-0.2, -0.15) is 0 Å². The fourth-order valence-corrected chi connectivity index (χ4v) is 2.18. The first kappa shape index (κ1) is 16.2. The Labute approximate surface area is 133 Å². The van der Waals surface area contributed by atoms with E-state index in [2.05, 4.69) is 70.5 Å². The third-order valence-electron chi connectivity index (χ3n) is 3.34. The summed E-state index contributed by atoms with van der Waals surface area (Å²) in [5.74, 6) is 2.60. The molecule has 2 aromatic rings. The molecule has 1 aromatic carbocycles. The van der Waals surface area contributed by atoms with E-state index in [0.29, 0.717) is 0 Å². The Kier molecular flexibility index (Phi) is 5.72. The highest BCUT2D eigenvalue weighted by molar-refractivity contribution is 5.49. The number of aromatic nitrogens is 2. The zero-order valence-electron chi connectivity index (χ0n) is 13.9. The summed E-state index contributed by atoms with van der Waals surface area (Å²) in [5, 5.41) is 3.36. The van der Waals surface area contributed by atoms with Crippen molar-refractivity contribution in [3.63, 3.8) is 0 Å². The normalized spacial score (nSPS) is 10.8. The van der Waals surface area contributed by atoms with Gasteiger partial charge >= 0.3 is 0 Å². The standard InChI is InChI=1S/C17H25N5/c1-14-19-16(18-10-11-21(2)3)12-17(20-14)22(4)13-15-8-6-5-7-9-15/h5-9,12H,10-11,13H2,1-4H3,(H,18,19,20). The van der Waals surface area contributed by atoms with Gasteiger partial charge in [0.05, 0.1) is 0 Å². The molecule has 0 aliphatic heterocycles. The minimum Gasteiger partial charge on any atom is -0.369 e. The van der Waals surface area contributed by atoms with Crippen molar-refractivity contribution in [1.29, 1.82) is 0 Å². The number of benzene rings is 1. The Morgan fingerprint density at radius 3 is 2.45 bits per heavy atom. The van der Waals surface area contributed by atoms with E-state index in [0.717, 1.165) is 37.1 Å². The molecule has 0 saturated heterocycles. The molecule has 0 spiro atoms. The number of nitrogens with one attached hydrogen (secondary N) is 1. The molecule has 118 valence electrons. The highest BCUT2D eigenvalue weighted by Crippen LogP contribution is 2.16. The fraction of sp³-hybridized carbons (Fsp3) is 0.412. The van der Waals surface area contributed by atoms with E-state index in [1.165, 1.54) is 5.56 Å². The molecule has 22 heavy (non-hydrogen) atoms. The van der Waals surface area contributed by atoms with Gasteiger partial charge in [0, 0.05) is 32.7 Å². The van der Waals surface area contributed by atoms with E-state index in [4.69, 9.17) is 0 Å². The SMILES string of the molecule is Cc1nc(NCCN(C)C)cc(N(C)Cc2ccccc2)n1. The van der Waals surface area contributed by atoms with Crippen LogP contribution in [0.4, 0.5) is 11.6 Å². The first-order chi connectivity index (χ1) is 10.5. The van der Waals surface area contributed by atoms with E-state index in [-0.39, 0.29) is 0 Å². The Hall–Kier alpha value is -2.14. The van der Waals surface area contributed by atoms with Crippen molar-refractivity contribution in [2.75, 3.05) is 44.4 Å². The number of rotatable bonds is 7. The van der Waals surface area contributed by atoms with Crippen molar-refractivity contribution in [2.45, 2.75) is 13.5 Å². The smallest absolute Gasteiger partial charge is 0.134 e. The van der Waals surface area contributed by atoms with E-state index in [1.807, 2.05) is 19.1 Å². The minimum absolute atomic E-state index is 0.782. The highest BCUT2D eigenvalue weighted by atomic mass is 15.2. The minimum atomic E-state index is 0.782. The van der Waals surface area contributed by atoms with Crippen LogP contribution >= 0.6 is 0 Å². The molecule has 0 bridgehead atoms. The first-order valence-electron chi connectivity index (χ1n) is 7.54. The molecule has 5 nitrogen and oxygen atoms in total. The maximum atomic E-state index is 4.54. The van der Waals surface area contributed by atoms with E-state index in [9.17, 15) is 0 Å². The molecule has 0 atom stereocenters. The lowest BCUT2D eigenvalue weighted by Crippen LogP contribution is -2.22. The van der Waals surface area contributed by atoms with Gasteiger partial charge in [0.2, 0.25) is 0 Å². The molecule has 1 heterocycles. The third-order valence-corrected chi connectivity index (χ3v) is 3.34. The molecule has 0 saturated carbocycles. The number of nitrogens with zero attached hydrogens (tertiary/aromatic N) is 4. The maximum absolute atomic E-state index is 4.54. The fourth-order valence-electron chi connectivity index (χ4n) is 2.18. The van der Waals surface area contributed by atoms with Crippen LogP contribution < -0.4 is 10.2 Å². The van der Waals surface area contributed by atoms with Crippen LogP contribution in [-0.4, -0.2) is 49.1 Å². The van der Waals surface area contributed by atoms with Crippen molar-refractivity contribution in [3.8, 4) is 0 Å². The second-order valence-corrected chi connectivity index (χ2v) is 5.73. The molecule has 1 aromatic heterocycles. The summed E-state index contributed by atoms with van der Waals surface area (Å²) in [7, 11) is 6.18. The molecular weight excluding hydrogens is 274 g/mol. The van der Waals surface area contributed by atoms with Crippen molar-refractivity contribution < 1.29 is 0 Å². The van der Waals surface area contributed by atoms with Crippen molar-refractivity contribution in [1.82, 2.24) is 14.9 Å². The van der Waals surface area contributed by atoms with Gasteiger partial charge in [-0.25, -0.2) is 9.97 Å². The zero-order chi connectivity index (χ0) is 15.9. The number of anilines is 2. The highest BCUT2D eigenvalue weighted by Gasteiger charge is 2.07. The summed E-state index contributed by atoms with van der Waals surface area (Å²) in [6.45, 7) is 4.59. The van der Waals surface area contributed by atoms with Gasteiger partial charge in [-0.05, 0) is 26.6 Å². The van der Waals surface area contributed by atoms with Gasteiger partial charge in [0.25, 0.3) is 0 Å². The monoisotopic (exact) mass is 299 g/mol. The van der Waals surface area contributed by atoms with E-state index in [1.54, 1.807) is 0 Å². The molecular formula is C17H25N5. The molecule has 0 radical (unpaired) electrons. The lowest BCUT2D eigenvalue weighted by molar-refractivity contribution is 0.425. The summed E-state index contributed by atoms with van der Waals surface area (Å²) in [5.41, 5.74) is 1.27. The second kappa shape index (κ2) is 7.75. The van der Waals surface area contributed by atoms with Crippen molar-refractivity contribution in [2.24, 2.45) is 0 Å². The summed E-state index contributed by atoms with van der Waals surface area (Å²) in [6.07, 6.45) is 0. The van der Waals surface area contributed by atoms with Gasteiger partial charge in [0.1, 0.15) is 17.5 Å². The second-order valence-electron chi connectivity index (χ2n) is 5.73. The number of hydrogen-bond acceptors (Lipinski definition) is 5. The Morgan fingerprint density at radius 1 is 1.05 bits per heavy atom. The molecule has 0 amide bonds. The zero-order valence-corrected chi connectivity index (χ0v) is 13.9. The summed E-state index contributed by atoms with van der Waals surface area (Å²) in [6, 6.07) is 12.4. The van der Waals surface area contributed by atoms with Crippen molar-refractivity contribution in [3.05, 3.63) is 47.8 Å². The van der Waals surface area contributed by atoms with Crippen LogP contribution in [0.5, 0.6) is 0 Å². The van der Waals surface area contributed by atoms with Crippen LogP contribution in [0.3, 0.4) is 0 Å². The Bertz CT molecular complexity index is 583. The van der Waals surface area contributed by atoms with E-state index >= 15 is 0 Å².